The molecule has 0 rings (SSSR count). The number of carboxylic acids is 2. The molecule has 23 heavy (non-hydrogen) atoms. The minimum atomic E-state index is -4.84. The highest BCUT2D eigenvalue weighted by Gasteiger charge is 2.33. The summed E-state index contributed by atoms with van der Waals surface area (Å²) in [5.41, 5.74) is 0. The lowest BCUT2D eigenvalue weighted by atomic mass is 10.1. The molecular formula is C12H23NO9S. The lowest BCUT2D eigenvalue weighted by Crippen LogP contribution is -2.31. The second-order valence-corrected chi connectivity index (χ2v) is 6.38. The van der Waals surface area contributed by atoms with E-state index in [2.05, 4.69) is 17.1 Å². The summed E-state index contributed by atoms with van der Waals surface area (Å²) in [6, 6.07) is 0. The molecule has 0 heterocycles. The third-order valence-corrected chi connectivity index (χ3v) is 3.77. The molecule has 0 saturated carbocycles. The summed E-state index contributed by atoms with van der Waals surface area (Å²) < 4.78 is 28.7. The molecule has 0 aliphatic heterocycles. The zero-order chi connectivity index (χ0) is 18.5. The number of rotatable bonds is 11. The van der Waals surface area contributed by atoms with Crippen molar-refractivity contribution in [2.75, 3.05) is 0 Å². The predicted molar refractivity (Wildman–Crippen MR) is 80.3 cm³/mol. The van der Waals surface area contributed by atoms with Crippen LogP contribution in [0.3, 0.4) is 0 Å². The summed E-state index contributed by atoms with van der Waals surface area (Å²) in [5.74, 6) is -3.50. The summed E-state index contributed by atoms with van der Waals surface area (Å²) in [7, 11) is -4.84. The van der Waals surface area contributed by atoms with E-state index in [4.69, 9.17) is 14.8 Å². The molecule has 136 valence electrons. The number of unbranched alkanes of at least 4 members (excludes halogenated alkanes) is 3. The fourth-order valence-electron chi connectivity index (χ4n) is 1.46. The van der Waals surface area contributed by atoms with E-state index < -0.39 is 33.7 Å². The molecule has 0 radical (unpaired) electrons. The number of nitrogens with zero attached hydrogens (tertiary/aromatic N) is 1. The molecule has 0 aromatic rings. The van der Waals surface area contributed by atoms with Gasteiger partial charge in [0, 0.05) is 0 Å². The van der Waals surface area contributed by atoms with E-state index in [1.165, 1.54) is 19.3 Å². The van der Waals surface area contributed by atoms with Crippen molar-refractivity contribution in [2.45, 2.75) is 63.7 Å². The maximum atomic E-state index is 10.2. The molecule has 11 heteroatoms. The highest BCUT2D eigenvalue weighted by Crippen LogP contribution is 2.07. The van der Waals surface area contributed by atoms with Crippen molar-refractivity contribution in [3.63, 3.8) is 0 Å². The van der Waals surface area contributed by atoms with E-state index >= 15 is 0 Å². The minimum absolute atomic E-state index is 0.00986. The molecule has 0 aromatic carbocycles. The summed E-state index contributed by atoms with van der Waals surface area (Å²) in [5, 5.41) is 16.3. The Morgan fingerprint density at radius 3 is 2.04 bits per heavy atom. The van der Waals surface area contributed by atoms with Crippen molar-refractivity contribution in [3.05, 3.63) is 4.91 Å². The van der Waals surface area contributed by atoms with Gasteiger partial charge < -0.3 is 15.1 Å². The Labute approximate surface area is 134 Å². The Bertz CT molecular complexity index is 463. The van der Waals surface area contributed by atoms with Crippen molar-refractivity contribution in [3.8, 4) is 0 Å². The first-order valence-corrected chi connectivity index (χ1v) is 8.45. The predicted octanol–water partition coefficient (Wildman–Crippen LogP) is 1.85. The Kier molecular flexibility index (Phi) is 13.0. The number of carboxylic acid groups (broad SMARTS) is 2. The smallest absolute Gasteiger partial charge is 0.325 e. The van der Waals surface area contributed by atoms with Crippen LogP contribution in [-0.2, 0) is 24.5 Å². The van der Waals surface area contributed by atoms with E-state index in [1.807, 2.05) is 6.92 Å². The van der Waals surface area contributed by atoms with Crippen LogP contribution in [-0.4, -0.2) is 46.5 Å². The van der Waals surface area contributed by atoms with Crippen LogP contribution in [0.25, 0.3) is 0 Å². The molecule has 0 amide bonds. The molecule has 10 nitrogen and oxygen atoms in total. The Morgan fingerprint density at radius 1 is 1.17 bits per heavy atom. The largest absolute Gasteiger partial charge is 0.481 e. The van der Waals surface area contributed by atoms with Crippen LogP contribution in [0.1, 0.15) is 52.4 Å². The summed E-state index contributed by atoms with van der Waals surface area (Å²) >= 11 is 0. The molecule has 0 bridgehead atoms. The number of hydrogen-bond donors (Lipinski definition) is 3. The van der Waals surface area contributed by atoms with Gasteiger partial charge in [-0.25, -0.2) is 0 Å². The lowest BCUT2D eigenvalue weighted by molar-refractivity contribution is -0.143. The normalized spacial score (nSPS) is 13.2. The Hall–Kier alpha value is -1.75. The average Bonchev–Trinajstić information content (AvgIpc) is 2.40. The molecule has 0 saturated heterocycles. The van der Waals surface area contributed by atoms with Gasteiger partial charge in [-0.05, 0) is 19.8 Å². The summed E-state index contributed by atoms with van der Waals surface area (Å²) in [6.45, 7) is 4.04. The Morgan fingerprint density at radius 2 is 1.74 bits per heavy atom. The zero-order valence-electron chi connectivity index (χ0n) is 13.0. The molecule has 2 unspecified atom stereocenters. The maximum Gasteiger partial charge on any atom is 0.325 e. The van der Waals surface area contributed by atoms with Gasteiger partial charge in [-0.3, -0.25) is 14.1 Å². The van der Waals surface area contributed by atoms with Crippen LogP contribution in [0.2, 0.25) is 0 Å². The van der Waals surface area contributed by atoms with Gasteiger partial charge in [0.15, 0.2) is 10.6 Å². The van der Waals surface area contributed by atoms with Crippen LogP contribution < -0.4 is 0 Å². The second-order valence-electron chi connectivity index (χ2n) is 4.78. The molecule has 0 aromatic heterocycles. The lowest BCUT2D eigenvalue weighted by Gasteiger charge is -2.05. The van der Waals surface area contributed by atoms with Gasteiger partial charge in [-0.1, -0.05) is 26.2 Å². The van der Waals surface area contributed by atoms with Crippen molar-refractivity contribution in [1.82, 2.24) is 0 Å². The summed E-state index contributed by atoms with van der Waals surface area (Å²) in [6.07, 6.45) is 4.62. The SMILES string of the molecule is CCCCCCC(C)ON=O.O=C(O)CC(C(=O)O)S(=O)(=O)O. The Balaban J connectivity index is 0. The highest BCUT2D eigenvalue weighted by atomic mass is 32.2. The molecule has 3 N–H and O–H groups in total. The van der Waals surface area contributed by atoms with E-state index in [9.17, 15) is 22.9 Å². The van der Waals surface area contributed by atoms with E-state index in [1.54, 1.807) is 0 Å². The first-order chi connectivity index (χ1) is 10.6. The van der Waals surface area contributed by atoms with Crippen LogP contribution in [0, 0.1) is 4.91 Å². The topological polar surface area (TPSA) is 168 Å². The minimum Gasteiger partial charge on any atom is -0.481 e. The van der Waals surface area contributed by atoms with Crippen molar-refractivity contribution < 1.29 is 37.6 Å². The van der Waals surface area contributed by atoms with E-state index in [-0.39, 0.29) is 6.10 Å². The first-order valence-electron chi connectivity index (χ1n) is 6.95. The van der Waals surface area contributed by atoms with Crippen molar-refractivity contribution in [1.29, 1.82) is 0 Å². The van der Waals surface area contributed by atoms with Crippen LogP contribution in [0.4, 0.5) is 0 Å². The fraction of sp³-hybridized carbons (Fsp3) is 0.833. The maximum absolute atomic E-state index is 10.2. The fourth-order valence-corrected chi connectivity index (χ4v) is 2.07. The second kappa shape index (κ2) is 12.8. The number of hydrogen-bond acceptors (Lipinski definition) is 7. The van der Waals surface area contributed by atoms with Crippen LogP contribution in [0.5, 0.6) is 0 Å². The third kappa shape index (κ3) is 14.9. The molecule has 0 aliphatic carbocycles. The number of aliphatic carboxylic acids is 2. The van der Waals surface area contributed by atoms with E-state index in [0.717, 1.165) is 12.8 Å². The van der Waals surface area contributed by atoms with Crippen molar-refractivity contribution >= 4 is 22.1 Å². The van der Waals surface area contributed by atoms with Crippen LogP contribution in [0.15, 0.2) is 5.34 Å². The summed E-state index contributed by atoms with van der Waals surface area (Å²) in [4.78, 5) is 34.1. The third-order valence-electron chi connectivity index (χ3n) is 2.68. The zero-order valence-corrected chi connectivity index (χ0v) is 13.9. The van der Waals surface area contributed by atoms with Gasteiger partial charge in [0.05, 0.1) is 6.42 Å². The van der Waals surface area contributed by atoms with Crippen LogP contribution >= 0.6 is 0 Å². The quantitative estimate of drug-likeness (QED) is 0.216. The van der Waals surface area contributed by atoms with Gasteiger partial charge >= 0.3 is 11.9 Å². The van der Waals surface area contributed by atoms with Crippen molar-refractivity contribution in [2.24, 2.45) is 5.34 Å². The van der Waals surface area contributed by atoms with Gasteiger partial charge in [-0.15, -0.1) is 4.91 Å². The molecule has 0 aliphatic rings. The van der Waals surface area contributed by atoms with Gasteiger partial charge in [-0.2, -0.15) is 8.42 Å². The average molecular weight is 357 g/mol. The van der Waals surface area contributed by atoms with Gasteiger partial charge in [0.2, 0.25) is 0 Å². The van der Waals surface area contributed by atoms with Gasteiger partial charge in [0.25, 0.3) is 10.1 Å². The standard InChI is InChI=1S/C8H17NO2.C4H6O7S/c1-3-4-5-6-7-8(2)11-9-10;5-3(6)1-2(4(7)8)12(9,10)11/h8H,3-7H2,1-2H3;2H,1H2,(H,5,6)(H,7,8)(H,9,10,11). The van der Waals surface area contributed by atoms with E-state index in [0.29, 0.717) is 0 Å². The molecule has 0 fully saturated rings. The van der Waals surface area contributed by atoms with Gasteiger partial charge in [0.1, 0.15) is 6.10 Å². The molecular weight excluding hydrogens is 334 g/mol. The highest BCUT2D eigenvalue weighted by molar-refractivity contribution is 7.87. The first kappa shape index (κ1) is 23.5. The number of carbonyl (C=O) groups is 2. The monoisotopic (exact) mass is 357 g/mol. The molecule has 2 atom stereocenters. The molecule has 0 spiro atoms.